The van der Waals surface area contributed by atoms with Gasteiger partial charge in [0.05, 0.1) is 8.95 Å². The monoisotopic (exact) mass is 302 g/mol. The summed E-state index contributed by atoms with van der Waals surface area (Å²) in [6.45, 7) is -1.03. The highest BCUT2D eigenvalue weighted by molar-refractivity contribution is 9.11. The summed E-state index contributed by atoms with van der Waals surface area (Å²) in [6, 6.07) is 0.898. The highest BCUT2D eigenvalue weighted by Gasteiger charge is 2.14. The molecular weight excluding hydrogens is 301 g/mol. The topological polar surface area (TPSA) is 0 Å². The molecular formula is C7H3Br2F3. The highest BCUT2D eigenvalue weighted by Crippen LogP contribution is 2.29. The Morgan fingerprint density at radius 1 is 1.25 bits per heavy atom. The molecule has 0 aliphatic rings. The van der Waals surface area contributed by atoms with Crippen LogP contribution in [0.5, 0.6) is 0 Å². The van der Waals surface area contributed by atoms with E-state index < -0.39 is 18.3 Å². The number of alkyl halides is 1. The predicted octanol–water partition coefficient (Wildman–Crippen LogP) is 3.96. The van der Waals surface area contributed by atoms with Crippen LogP contribution in [0.1, 0.15) is 5.56 Å². The SMILES string of the molecule is FCc1c(F)cc(Br)c(F)c1Br. The second kappa shape index (κ2) is 3.79. The normalized spacial score (nSPS) is 10.4. The Hall–Kier alpha value is -0.0300. The van der Waals surface area contributed by atoms with Crippen molar-refractivity contribution in [1.82, 2.24) is 0 Å². The standard InChI is InChI=1S/C7H3Br2F3/c8-4-1-5(11)3(2-10)6(9)7(4)12/h1H,2H2. The van der Waals surface area contributed by atoms with Gasteiger partial charge in [-0.25, -0.2) is 13.2 Å². The van der Waals surface area contributed by atoms with Crippen molar-refractivity contribution in [1.29, 1.82) is 0 Å². The first-order chi connectivity index (χ1) is 5.57. The van der Waals surface area contributed by atoms with Gasteiger partial charge < -0.3 is 0 Å². The van der Waals surface area contributed by atoms with Gasteiger partial charge in [0.1, 0.15) is 12.5 Å². The minimum Gasteiger partial charge on any atom is -0.246 e. The van der Waals surface area contributed by atoms with Gasteiger partial charge in [-0.3, -0.25) is 0 Å². The molecule has 1 aromatic rings. The molecule has 0 heterocycles. The second-order valence-electron chi connectivity index (χ2n) is 2.08. The molecule has 1 rings (SSSR count). The Morgan fingerprint density at radius 2 is 1.83 bits per heavy atom. The zero-order chi connectivity index (χ0) is 9.30. The summed E-state index contributed by atoms with van der Waals surface area (Å²) in [7, 11) is 0. The zero-order valence-electron chi connectivity index (χ0n) is 5.67. The van der Waals surface area contributed by atoms with E-state index in [1.165, 1.54) is 0 Å². The van der Waals surface area contributed by atoms with Crippen LogP contribution in [-0.4, -0.2) is 0 Å². The maximum atomic E-state index is 12.9. The average molecular weight is 304 g/mol. The molecule has 0 nitrogen and oxygen atoms in total. The van der Waals surface area contributed by atoms with E-state index in [1.54, 1.807) is 0 Å². The van der Waals surface area contributed by atoms with E-state index >= 15 is 0 Å². The molecule has 5 heteroatoms. The first kappa shape index (κ1) is 10.1. The van der Waals surface area contributed by atoms with Gasteiger partial charge in [-0.05, 0) is 37.9 Å². The summed E-state index contributed by atoms with van der Waals surface area (Å²) in [5, 5.41) is 0. The molecule has 0 fully saturated rings. The number of benzene rings is 1. The summed E-state index contributed by atoms with van der Waals surface area (Å²) in [6.07, 6.45) is 0. The van der Waals surface area contributed by atoms with E-state index in [4.69, 9.17) is 0 Å². The Balaban J connectivity index is 3.40. The van der Waals surface area contributed by atoms with E-state index in [2.05, 4.69) is 31.9 Å². The van der Waals surface area contributed by atoms with Gasteiger partial charge in [0, 0.05) is 5.56 Å². The fraction of sp³-hybridized carbons (Fsp3) is 0.143. The van der Waals surface area contributed by atoms with Gasteiger partial charge in [0.15, 0.2) is 5.82 Å². The van der Waals surface area contributed by atoms with Crippen molar-refractivity contribution in [3.8, 4) is 0 Å². The molecule has 0 saturated heterocycles. The van der Waals surface area contributed by atoms with Crippen LogP contribution in [0.15, 0.2) is 15.0 Å². The Labute approximate surface area is 84.0 Å². The summed E-state index contributed by atoms with van der Waals surface area (Å²) >= 11 is 5.55. The Kier molecular flexibility index (Phi) is 3.17. The van der Waals surface area contributed by atoms with Crippen molar-refractivity contribution in [2.45, 2.75) is 6.67 Å². The van der Waals surface area contributed by atoms with Gasteiger partial charge in [-0.15, -0.1) is 0 Å². The van der Waals surface area contributed by atoms with Crippen molar-refractivity contribution in [3.63, 3.8) is 0 Å². The minimum atomic E-state index is -1.03. The molecule has 66 valence electrons. The molecule has 0 aromatic heterocycles. The van der Waals surface area contributed by atoms with Crippen LogP contribution in [0.2, 0.25) is 0 Å². The van der Waals surface area contributed by atoms with Gasteiger partial charge in [0.2, 0.25) is 0 Å². The summed E-state index contributed by atoms with van der Waals surface area (Å²) in [5.41, 5.74) is -0.296. The van der Waals surface area contributed by atoms with E-state index in [0.29, 0.717) is 0 Å². The summed E-state index contributed by atoms with van der Waals surface area (Å²) in [5.74, 6) is -1.46. The molecule has 0 radical (unpaired) electrons. The molecule has 0 aliphatic heterocycles. The van der Waals surface area contributed by atoms with Crippen LogP contribution < -0.4 is 0 Å². The van der Waals surface area contributed by atoms with Crippen LogP contribution in [0.25, 0.3) is 0 Å². The fourth-order valence-electron chi connectivity index (χ4n) is 0.726. The third-order valence-electron chi connectivity index (χ3n) is 1.34. The van der Waals surface area contributed by atoms with Crippen LogP contribution in [-0.2, 0) is 6.67 Å². The smallest absolute Gasteiger partial charge is 0.152 e. The van der Waals surface area contributed by atoms with E-state index in [9.17, 15) is 13.2 Å². The molecule has 0 amide bonds. The molecule has 0 saturated carbocycles. The van der Waals surface area contributed by atoms with Crippen molar-refractivity contribution < 1.29 is 13.2 Å². The lowest BCUT2D eigenvalue weighted by Crippen LogP contribution is -1.93. The molecule has 0 N–H and O–H groups in total. The van der Waals surface area contributed by atoms with Crippen molar-refractivity contribution in [2.24, 2.45) is 0 Å². The van der Waals surface area contributed by atoms with Crippen LogP contribution in [0, 0.1) is 11.6 Å². The summed E-state index contributed by atoms with van der Waals surface area (Å²) < 4.78 is 37.7. The molecule has 0 spiro atoms. The number of hydrogen-bond donors (Lipinski definition) is 0. The molecule has 0 bridgehead atoms. The number of halogens is 5. The van der Waals surface area contributed by atoms with Crippen LogP contribution in [0.3, 0.4) is 0 Å². The van der Waals surface area contributed by atoms with Gasteiger partial charge in [-0.2, -0.15) is 0 Å². The molecule has 1 aromatic carbocycles. The largest absolute Gasteiger partial charge is 0.246 e. The number of hydrogen-bond acceptors (Lipinski definition) is 0. The number of rotatable bonds is 1. The van der Waals surface area contributed by atoms with Crippen molar-refractivity contribution >= 4 is 31.9 Å². The Bertz CT molecular complexity index is 312. The second-order valence-corrected chi connectivity index (χ2v) is 3.73. The van der Waals surface area contributed by atoms with E-state index in [1.807, 2.05) is 0 Å². The first-order valence-electron chi connectivity index (χ1n) is 2.95. The third kappa shape index (κ3) is 1.66. The highest BCUT2D eigenvalue weighted by atomic mass is 79.9. The van der Waals surface area contributed by atoms with E-state index in [-0.39, 0.29) is 14.5 Å². The molecule has 0 atom stereocenters. The van der Waals surface area contributed by atoms with Crippen LogP contribution >= 0.6 is 31.9 Å². The fourth-order valence-corrected chi connectivity index (χ4v) is 1.90. The van der Waals surface area contributed by atoms with Gasteiger partial charge in [0.25, 0.3) is 0 Å². The van der Waals surface area contributed by atoms with E-state index in [0.717, 1.165) is 6.07 Å². The predicted molar refractivity (Wildman–Crippen MR) is 46.6 cm³/mol. The molecule has 0 unspecified atom stereocenters. The van der Waals surface area contributed by atoms with Crippen LogP contribution in [0.4, 0.5) is 13.2 Å². The zero-order valence-corrected chi connectivity index (χ0v) is 8.85. The van der Waals surface area contributed by atoms with Crippen molar-refractivity contribution in [2.75, 3.05) is 0 Å². The third-order valence-corrected chi connectivity index (χ3v) is 2.75. The van der Waals surface area contributed by atoms with Gasteiger partial charge >= 0.3 is 0 Å². The maximum absolute atomic E-state index is 12.9. The average Bonchev–Trinajstić information content (AvgIpc) is 2.01. The van der Waals surface area contributed by atoms with Gasteiger partial charge in [-0.1, -0.05) is 0 Å². The van der Waals surface area contributed by atoms with Crippen molar-refractivity contribution in [3.05, 3.63) is 32.2 Å². The summed E-state index contributed by atoms with van der Waals surface area (Å²) in [4.78, 5) is 0. The lowest BCUT2D eigenvalue weighted by Gasteiger charge is -2.04. The molecule has 0 aliphatic carbocycles. The Morgan fingerprint density at radius 3 is 2.33 bits per heavy atom. The lowest BCUT2D eigenvalue weighted by atomic mass is 10.2. The minimum absolute atomic E-state index is 0.0240. The maximum Gasteiger partial charge on any atom is 0.152 e. The first-order valence-corrected chi connectivity index (χ1v) is 4.54. The lowest BCUT2D eigenvalue weighted by molar-refractivity contribution is 0.456. The molecule has 12 heavy (non-hydrogen) atoms. The quantitative estimate of drug-likeness (QED) is 0.544.